The number of aromatic nitrogens is 1. The summed E-state index contributed by atoms with van der Waals surface area (Å²) in [4.78, 5) is 6.26. The lowest BCUT2D eigenvalue weighted by molar-refractivity contribution is 0.614. The van der Waals surface area contributed by atoms with Crippen LogP contribution in [0.25, 0.3) is 0 Å². The van der Waals surface area contributed by atoms with Crippen molar-refractivity contribution in [1.82, 2.24) is 4.98 Å². The lowest BCUT2D eigenvalue weighted by atomic mass is 10.0. The van der Waals surface area contributed by atoms with Crippen LogP contribution < -0.4 is 5.73 Å². The van der Waals surface area contributed by atoms with Crippen LogP contribution in [0.5, 0.6) is 0 Å². The standard InChI is InChI=1S/C12H20N2S/c1-9(13)8-12-14-10-6-4-2-3-5-7-11(10)15-12/h9H,2-8,13H2,1H3. The van der Waals surface area contributed by atoms with E-state index in [9.17, 15) is 0 Å². The molecule has 3 heteroatoms. The quantitative estimate of drug-likeness (QED) is 0.839. The first-order valence-corrected chi connectivity index (χ1v) is 6.80. The summed E-state index contributed by atoms with van der Waals surface area (Å²) in [5.41, 5.74) is 7.18. The predicted molar refractivity (Wildman–Crippen MR) is 65.3 cm³/mol. The van der Waals surface area contributed by atoms with E-state index in [1.54, 1.807) is 0 Å². The van der Waals surface area contributed by atoms with Crippen molar-refractivity contribution in [2.75, 3.05) is 0 Å². The molecule has 1 aromatic heterocycles. The van der Waals surface area contributed by atoms with Crippen molar-refractivity contribution in [3.63, 3.8) is 0 Å². The van der Waals surface area contributed by atoms with Crippen molar-refractivity contribution in [1.29, 1.82) is 0 Å². The maximum Gasteiger partial charge on any atom is 0.0946 e. The monoisotopic (exact) mass is 224 g/mol. The molecular formula is C12H20N2S. The van der Waals surface area contributed by atoms with E-state index in [-0.39, 0.29) is 6.04 Å². The Kier molecular flexibility index (Phi) is 3.76. The van der Waals surface area contributed by atoms with E-state index in [1.807, 2.05) is 11.3 Å². The summed E-state index contributed by atoms with van der Waals surface area (Å²) in [6.07, 6.45) is 8.79. The third-order valence-corrected chi connectivity index (χ3v) is 4.07. The molecular weight excluding hydrogens is 204 g/mol. The highest BCUT2D eigenvalue weighted by atomic mass is 32.1. The SMILES string of the molecule is CC(N)Cc1nc2c(s1)CCCCCC2. The highest BCUT2D eigenvalue weighted by Gasteiger charge is 2.13. The van der Waals surface area contributed by atoms with Gasteiger partial charge < -0.3 is 5.73 Å². The smallest absolute Gasteiger partial charge is 0.0946 e. The highest BCUT2D eigenvalue weighted by molar-refractivity contribution is 7.11. The molecule has 0 aliphatic heterocycles. The molecule has 0 saturated heterocycles. The van der Waals surface area contributed by atoms with Crippen LogP contribution >= 0.6 is 11.3 Å². The molecule has 0 bridgehead atoms. The van der Waals surface area contributed by atoms with Crippen LogP contribution in [0.2, 0.25) is 0 Å². The number of hydrogen-bond donors (Lipinski definition) is 1. The summed E-state index contributed by atoms with van der Waals surface area (Å²) in [6, 6.07) is 0.238. The van der Waals surface area contributed by atoms with Crippen LogP contribution in [0.3, 0.4) is 0 Å². The largest absolute Gasteiger partial charge is 0.328 e. The third kappa shape index (κ3) is 3.02. The molecule has 2 rings (SSSR count). The maximum absolute atomic E-state index is 5.81. The molecule has 2 N–H and O–H groups in total. The molecule has 84 valence electrons. The molecule has 1 aliphatic carbocycles. The van der Waals surface area contributed by atoms with Gasteiger partial charge in [-0.3, -0.25) is 0 Å². The van der Waals surface area contributed by atoms with Crippen molar-refractivity contribution in [3.05, 3.63) is 15.6 Å². The molecule has 1 aliphatic rings. The average Bonchev–Trinajstić information content (AvgIpc) is 2.46. The van der Waals surface area contributed by atoms with Gasteiger partial charge in [0.2, 0.25) is 0 Å². The van der Waals surface area contributed by atoms with Gasteiger partial charge in [-0.1, -0.05) is 12.8 Å². The zero-order valence-electron chi connectivity index (χ0n) is 9.46. The molecule has 0 radical (unpaired) electrons. The van der Waals surface area contributed by atoms with E-state index in [4.69, 9.17) is 10.7 Å². The van der Waals surface area contributed by atoms with Gasteiger partial charge in [-0.15, -0.1) is 11.3 Å². The number of rotatable bonds is 2. The topological polar surface area (TPSA) is 38.9 Å². The number of fused-ring (bicyclic) bond motifs is 1. The molecule has 0 amide bonds. The van der Waals surface area contributed by atoms with E-state index in [0.29, 0.717) is 0 Å². The van der Waals surface area contributed by atoms with Crippen molar-refractivity contribution < 1.29 is 0 Å². The number of nitrogens with zero attached hydrogens (tertiary/aromatic N) is 1. The van der Waals surface area contributed by atoms with Gasteiger partial charge in [0, 0.05) is 17.3 Å². The Morgan fingerprint density at radius 3 is 2.73 bits per heavy atom. The summed E-state index contributed by atoms with van der Waals surface area (Å²) in [5, 5.41) is 1.25. The van der Waals surface area contributed by atoms with E-state index in [1.165, 1.54) is 54.1 Å². The first-order chi connectivity index (χ1) is 7.25. The fourth-order valence-electron chi connectivity index (χ4n) is 2.12. The highest BCUT2D eigenvalue weighted by Crippen LogP contribution is 2.25. The molecule has 15 heavy (non-hydrogen) atoms. The van der Waals surface area contributed by atoms with Crippen LogP contribution in [0.15, 0.2) is 0 Å². The second kappa shape index (κ2) is 5.08. The Morgan fingerprint density at radius 1 is 1.27 bits per heavy atom. The fourth-order valence-corrected chi connectivity index (χ4v) is 3.42. The Balaban J connectivity index is 2.12. The summed E-state index contributed by atoms with van der Waals surface area (Å²) in [5.74, 6) is 0. The summed E-state index contributed by atoms with van der Waals surface area (Å²) < 4.78 is 0. The van der Waals surface area contributed by atoms with E-state index in [2.05, 4.69) is 6.92 Å². The lowest BCUT2D eigenvalue weighted by Gasteiger charge is -2.06. The lowest BCUT2D eigenvalue weighted by Crippen LogP contribution is -2.17. The molecule has 1 unspecified atom stereocenters. The first-order valence-electron chi connectivity index (χ1n) is 5.99. The van der Waals surface area contributed by atoms with Gasteiger partial charge in [0.15, 0.2) is 0 Å². The molecule has 1 aromatic rings. The number of aryl methyl sites for hydroxylation is 2. The van der Waals surface area contributed by atoms with Crippen molar-refractivity contribution >= 4 is 11.3 Å². The van der Waals surface area contributed by atoms with Crippen LogP contribution in [0, 0.1) is 0 Å². The van der Waals surface area contributed by atoms with E-state index < -0.39 is 0 Å². The van der Waals surface area contributed by atoms with Gasteiger partial charge in [0.05, 0.1) is 10.7 Å². The number of thiazole rings is 1. The minimum Gasteiger partial charge on any atom is -0.328 e. The first kappa shape index (κ1) is 11.1. The van der Waals surface area contributed by atoms with Crippen LogP contribution in [-0.2, 0) is 19.3 Å². The minimum absolute atomic E-state index is 0.238. The average molecular weight is 224 g/mol. The molecule has 1 heterocycles. The zero-order chi connectivity index (χ0) is 10.7. The number of nitrogens with two attached hydrogens (primary N) is 1. The zero-order valence-corrected chi connectivity index (χ0v) is 10.3. The van der Waals surface area contributed by atoms with Gasteiger partial charge in [-0.25, -0.2) is 4.98 Å². The van der Waals surface area contributed by atoms with E-state index >= 15 is 0 Å². The fraction of sp³-hybridized carbons (Fsp3) is 0.750. The maximum atomic E-state index is 5.81. The second-order valence-corrected chi connectivity index (χ2v) is 5.74. The van der Waals surface area contributed by atoms with Crippen molar-refractivity contribution in [2.45, 2.75) is 57.9 Å². The molecule has 0 aromatic carbocycles. The van der Waals surface area contributed by atoms with Crippen LogP contribution in [-0.4, -0.2) is 11.0 Å². The normalized spacial score (nSPS) is 19.1. The van der Waals surface area contributed by atoms with Gasteiger partial charge in [-0.2, -0.15) is 0 Å². The molecule has 0 fully saturated rings. The van der Waals surface area contributed by atoms with Gasteiger partial charge in [-0.05, 0) is 32.6 Å². The molecule has 0 saturated carbocycles. The molecule has 0 spiro atoms. The Labute approximate surface area is 95.9 Å². The van der Waals surface area contributed by atoms with Crippen molar-refractivity contribution in [2.24, 2.45) is 5.73 Å². The Bertz CT molecular complexity index is 292. The summed E-state index contributed by atoms with van der Waals surface area (Å²) in [7, 11) is 0. The minimum atomic E-state index is 0.238. The Morgan fingerprint density at radius 2 is 2.00 bits per heavy atom. The molecule has 2 nitrogen and oxygen atoms in total. The Hall–Kier alpha value is -0.410. The summed E-state index contributed by atoms with van der Waals surface area (Å²) >= 11 is 1.90. The van der Waals surface area contributed by atoms with Gasteiger partial charge >= 0.3 is 0 Å². The third-order valence-electron chi connectivity index (χ3n) is 2.89. The number of hydrogen-bond acceptors (Lipinski definition) is 3. The van der Waals surface area contributed by atoms with Crippen molar-refractivity contribution in [3.8, 4) is 0 Å². The van der Waals surface area contributed by atoms with Gasteiger partial charge in [0.25, 0.3) is 0 Å². The van der Waals surface area contributed by atoms with Crippen LogP contribution in [0.1, 0.15) is 48.2 Å². The van der Waals surface area contributed by atoms with E-state index in [0.717, 1.165) is 6.42 Å². The molecule has 1 atom stereocenters. The summed E-state index contributed by atoms with van der Waals surface area (Å²) in [6.45, 7) is 2.05. The van der Waals surface area contributed by atoms with Crippen LogP contribution in [0.4, 0.5) is 0 Å². The second-order valence-electron chi connectivity index (χ2n) is 4.57. The predicted octanol–water partition coefficient (Wildman–Crippen LogP) is 2.69. The van der Waals surface area contributed by atoms with Gasteiger partial charge in [0.1, 0.15) is 0 Å².